The van der Waals surface area contributed by atoms with Gasteiger partial charge in [0, 0.05) is 17.7 Å². The van der Waals surface area contributed by atoms with Gasteiger partial charge < -0.3 is 0 Å². The lowest BCUT2D eigenvalue weighted by atomic mass is 9.93. The third kappa shape index (κ3) is 1.10. The summed E-state index contributed by atoms with van der Waals surface area (Å²) < 4.78 is 0. The number of amides is 2. The minimum absolute atomic E-state index is 0.102. The van der Waals surface area contributed by atoms with E-state index >= 15 is 0 Å². The quantitative estimate of drug-likeness (QED) is 0.563. The summed E-state index contributed by atoms with van der Waals surface area (Å²) >= 11 is 0. The van der Waals surface area contributed by atoms with Crippen LogP contribution in [0.3, 0.4) is 0 Å². The first kappa shape index (κ1) is 8.48. The SMILES string of the molecule is [CH2]CN1C(=O)C2=C(CCCC2)C1=O. The van der Waals surface area contributed by atoms with E-state index in [1.807, 2.05) is 0 Å². The Hall–Kier alpha value is -1.12. The fraction of sp³-hybridized carbons (Fsp3) is 0.500. The Kier molecular flexibility index (Phi) is 1.94. The average molecular weight is 178 g/mol. The molecular weight excluding hydrogens is 166 g/mol. The van der Waals surface area contributed by atoms with Crippen molar-refractivity contribution in [3.05, 3.63) is 18.1 Å². The van der Waals surface area contributed by atoms with E-state index < -0.39 is 0 Å². The van der Waals surface area contributed by atoms with Gasteiger partial charge in [-0.05, 0) is 32.6 Å². The van der Waals surface area contributed by atoms with Crippen LogP contribution in [-0.4, -0.2) is 23.3 Å². The minimum atomic E-state index is -0.102. The van der Waals surface area contributed by atoms with E-state index in [9.17, 15) is 9.59 Å². The number of imide groups is 1. The van der Waals surface area contributed by atoms with Gasteiger partial charge in [0.25, 0.3) is 11.8 Å². The standard InChI is InChI=1S/C10H12NO2/c1-2-11-9(12)7-5-3-4-6-8(7)10(11)13/h1-6H2. The molecule has 2 aliphatic rings. The third-order valence-electron chi connectivity index (χ3n) is 2.70. The second-order valence-corrected chi connectivity index (χ2v) is 3.43. The molecule has 1 aliphatic carbocycles. The van der Waals surface area contributed by atoms with Gasteiger partial charge in [-0.2, -0.15) is 0 Å². The Balaban J connectivity index is 2.35. The highest BCUT2D eigenvalue weighted by atomic mass is 16.2. The highest BCUT2D eigenvalue weighted by molar-refractivity contribution is 6.19. The maximum absolute atomic E-state index is 11.6. The van der Waals surface area contributed by atoms with Gasteiger partial charge in [0.15, 0.2) is 0 Å². The fourth-order valence-corrected chi connectivity index (χ4v) is 2.00. The lowest BCUT2D eigenvalue weighted by Crippen LogP contribution is -2.31. The summed E-state index contributed by atoms with van der Waals surface area (Å²) in [6, 6.07) is 0. The number of rotatable bonds is 1. The topological polar surface area (TPSA) is 37.4 Å². The normalized spacial score (nSPS) is 22.7. The van der Waals surface area contributed by atoms with Crippen LogP contribution in [0.1, 0.15) is 25.7 Å². The first-order valence-electron chi connectivity index (χ1n) is 4.63. The summed E-state index contributed by atoms with van der Waals surface area (Å²) in [7, 11) is 0. The van der Waals surface area contributed by atoms with Crippen molar-refractivity contribution < 1.29 is 9.59 Å². The highest BCUT2D eigenvalue weighted by Gasteiger charge is 2.37. The van der Waals surface area contributed by atoms with Gasteiger partial charge in [-0.15, -0.1) is 0 Å². The molecule has 1 radical (unpaired) electrons. The minimum Gasteiger partial charge on any atom is -0.275 e. The Morgan fingerprint density at radius 2 is 1.54 bits per heavy atom. The molecule has 1 heterocycles. The molecule has 0 fully saturated rings. The Labute approximate surface area is 77.4 Å². The van der Waals surface area contributed by atoms with Crippen LogP contribution < -0.4 is 0 Å². The van der Waals surface area contributed by atoms with Crippen LogP contribution in [0, 0.1) is 6.92 Å². The Bertz CT molecular complexity index is 276. The lowest BCUT2D eigenvalue weighted by molar-refractivity contribution is -0.137. The molecule has 69 valence electrons. The van der Waals surface area contributed by atoms with Gasteiger partial charge >= 0.3 is 0 Å². The molecule has 13 heavy (non-hydrogen) atoms. The van der Waals surface area contributed by atoms with E-state index in [0.29, 0.717) is 0 Å². The molecule has 0 aromatic carbocycles. The summed E-state index contributed by atoms with van der Waals surface area (Å²) in [5.41, 5.74) is 1.50. The predicted molar refractivity (Wildman–Crippen MR) is 47.6 cm³/mol. The van der Waals surface area contributed by atoms with Crippen LogP contribution in [0.15, 0.2) is 11.1 Å². The largest absolute Gasteiger partial charge is 0.275 e. The fourth-order valence-electron chi connectivity index (χ4n) is 2.00. The van der Waals surface area contributed by atoms with Crippen molar-refractivity contribution in [3.8, 4) is 0 Å². The van der Waals surface area contributed by atoms with E-state index in [1.165, 1.54) is 4.90 Å². The Morgan fingerprint density at radius 1 is 1.08 bits per heavy atom. The van der Waals surface area contributed by atoms with Crippen molar-refractivity contribution in [2.24, 2.45) is 0 Å². The monoisotopic (exact) mass is 178 g/mol. The molecule has 0 N–H and O–H groups in total. The number of carbonyl (C=O) groups is 2. The van der Waals surface area contributed by atoms with E-state index in [4.69, 9.17) is 0 Å². The molecule has 0 spiro atoms. The maximum atomic E-state index is 11.6. The summed E-state index contributed by atoms with van der Waals surface area (Å²) in [5, 5.41) is 0. The maximum Gasteiger partial charge on any atom is 0.257 e. The van der Waals surface area contributed by atoms with Crippen molar-refractivity contribution >= 4 is 11.8 Å². The predicted octanol–water partition coefficient (Wildman–Crippen LogP) is 1.06. The van der Waals surface area contributed by atoms with Gasteiger partial charge in [-0.3, -0.25) is 14.5 Å². The Morgan fingerprint density at radius 3 is 1.92 bits per heavy atom. The molecule has 0 unspecified atom stereocenters. The van der Waals surface area contributed by atoms with Crippen LogP contribution in [0.2, 0.25) is 0 Å². The number of nitrogens with zero attached hydrogens (tertiary/aromatic N) is 1. The highest BCUT2D eigenvalue weighted by Crippen LogP contribution is 2.32. The van der Waals surface area contributed by atoms with Gasteiger partial charge in [0.2, 0.25) is 0 Å². The zero-order valence-corrected chi connectivity index (χ0v) is 7.51. The number of hydrogen-bond donors (Lipinski definition) is 0. The second-order valence-electron chi connectivity index (χ2n) is 3.43. The van der Waals surface area contributed by atoms with E-state index in [0.717, 1.165) is 36.8 Å². The van der Waals surface area contributed by atoms with Crippen LogP contribution in [0.5, 0.6) is 0 Å². The molecule has 2 rings (SSSR count). The van der Waals surface area contributed by atoms with Crippen LogP contribution in [-0.2, 0) is 9.59 Å². The molecule has 3 heteroatoms. The molecule has 2 amide bonds. The molecule has 3 nitrogen and oxygen atoms in total. The van der Waals surface area contributed by atoms with Crippen LogP contribution in [0.4, 0.5) is 0 Å². The average Bonchev–Trinajstić information content (AvgIpc) is 2.41. The molecule has 0 saturated carbocycles. The summed E-state index contributed by atoms with van der Waals surface area (Å²) in [5.74, 6) is -0.204. The van der Waals surface area contributed by atoms with Crippen molar-refractivity contribution in [2.45, 2.75) is 25.7 Å². The van der Waals surface area contributed by atoms with Gasteiger partial charge in [-0.1, -0.05) is 0 Å². The molecule has 1 aliphatic heterocycles. The molecule has 0 atom stereocenters. The molecule has 0 saturated heterocycles. The summed E-state index contributed by atoms with van der Waals surface area (Å²) in [4.78, 5) is 24.4. The zero-order valence-electron chi connectivity index (χ0n) is 7.51. The molecule has 0 aromatic rings. The van der Waals surface area contributed by atoms with Crippen molar-refractivity contribution in [1.82, 2.24) is 4.90 Å². The van der Waals surface area contributed by atoms with Gasteiger partial charge in [-0.25, -0.2) is 0 Å². The second kappa shape index (κ2) is 2.98. The first-order valence-corrected chi connectivity index (χ1v) is 4.63. The smallest absolute Gasteiger partial charge is 0.257 e. The van der Waals surface area contributed by atoms with E-state index in [2.05, 4.69) is 6.92 Å². The molecule has 0 aromatic heterocycles. The summed E-state index contributed by atoms with van der Waals surface area (Å²) in [6.07, 6.45) is 3.61. The van der Waals surface area contributed by atoms with Gasteiger partial charge in [0.05, 0.1) is 0 Å². The van der Waals surface area contributed by atoms with E-state index in [-0.39, 0.29) is 18.4 Å². The van der Waals surface area contributed by atoms with Crippen LogP contribution in [0.25, 0.3) is 0 Å². The van der Waals surface area contributed by atoms with Crippen molar-refractivity contribution in [2.75, 3.05) is 6.54 Å². The van der Waals surface area contributed by atoms with Crippen molar-refractivity contribution in [1.29, 1.82) is 0 Å². The molecule has 0 bridgehead atoms. The third-order valence-corrected chi connectivity index (χ3v) is 2.70. The first-order chi connectivity index (χ1) is 6.25. The number of hydrogen-bond acceptors (Lipinski definition) is 2. The zero-order chi connectivity index (χ0) is 9.42. The lowest BCUT2D eigenvalue weighted by Gasteiger charge is -2.10. The number of carbonyl (C=O) groups excluding carboxylic acids is 2. The van der Waals surface area contributed by atoms with Gasteiger partial charge in [0.1, 0.15) is 0 Å². The van der Waals surface area contributed by atoms with Crippen molar-refractivity contribution in [3.63, 3.8) is 0 Å². The molecular formula is C10H12NO2. The van der Waals surface area contributed by atoms with E-state index in [1.54, 1.807) is 0 Å². The van der Waals surface area contributed by atoms with Crippen LogP contribution >= 0.6 is 0 Å². The summed E-state index contributed by atoms with van der Waals surface area (Å²) in [6.45, 7) is 3.84.